The maximum absolute atomic E-state index is 11.0. The van der Waals surface area contributed by atoms with Crippen LogP contribution in [0.25, 0.3) is 70.0 Å². The number of para-hydroxylation sites is 1. The lowest BCUT2D eigenvalue weighted by Gasteiger charge is -2.23. The second kappa shape index (κ2) is 14.5. The van der Waals surface area contributed by atoms with Crippen molar-refractivity contribution in [3.05, 3.63) is 127 Å². The van der Waals surface area contributed by atoms with E-state index >= 15 is 0 Å². The highest BCUT2D eigenvalue weighted by Crippen LogP contribution is 2.52. The number of thiophene rings is 1. The van der Waals surface area contributed by atoms with Crippen LogP contribution < -0.4 is 30.1 Å². The van der Waals surface area contributed by atoms with Gasteiger partial charge in [-0.3, -0.25) is 0 Å². The van der Waals surface area contributed by atoms with Gasteiger partial charge < -0.3 is 30.1 Å². The number of allylic oxidation sites excluding steroid dienone is 6. The Balaban J connectivity index is 1.20. The van der Waals surface area contributed by atoms with Gasteiger partial charge in [0.25, 0.3) is 0 Å². The average molecular weight is 773 g/mol. The molecule has 0 radical (unpaired) electrons. The highest BCUT2D eigenvalue weighted by atomic mass is 32.1. The second-order valence-corrected chi connectivity index (χ2v) is 15.8. The van der Waals surface area contributed by atoms with E-state index in [1.165, 1.54) is 4.53 Å². The third kappa shape index (κ3) is 6.32. The van der Waals surface area contributed by atoms with Gasteiger partial charge in [0.05, 0.1) is 10.9 Å². The SMILES string of the molecule is C/C=C\C=c1\sc2c(c1=Cc1nc(C3=CCC(C)C=C3)nc(-c3ccccc3)n1)=CC(C1C=c3c(n(-c4c(O)c(O)c(O)c(O)c4O)c4ccccc34)=CC1)CC=2. The summed E-state index contributed by atoms with van der Waals surface area (Å²) in [6.07, 6.45) is 26.3. The number of aromatic hydroxyl groups is 5. The zero-order valence-electron chi connectivity index (χ0n) is 31.3. The van der Waals surface area contributed by atoms with E-state index < -0.39 is 28.7 Å². The molecule has 5 N–H and O–H groups in total. The smallest absolute Gasteiger partial charge is 0.208 e. The van der Waals surface area contributed by atoms with Crippen LogP contribution in [0.1, 0.15) is 44.8 Å². The molecular weight excluding hydrogens is 733 g/mol. The van der Waals surface area contributed by atoms with E-state index in [0.29, 0.717) is 40.7 Å². The molecule has 0 saturated carbocycles. The molecular formula is C47H40N4O5S. The Morgan fingerprint density at radius 3 is 2.16 bits per heavy atom. The van der Waals surface area contributed by atoms with Crippen molar-refractivity contribution >= 4 is 64.3 Å². The third-order valence-electron chi connectivity index (χ3n) is 11.0. The second-order valence-electron chi connectivity index (χ2n) is 14.7. The monoisotopic (exact) mass is 772 g/mol. The molecule has 3 aliphatic rings. The molecule has 10 heteroatoms. The van der Waals surface area contributed by atoms with Crippen molar-refractivity contribution in [2.75, 3.05) is 0 Å². The van der Waals surface area contributed by atoms with E-state index in [1.807, 2.05) is 67.6 Å². The number of benzene rings is 3. The molecule has 3 unspecified atom stereocenters. The lowest BCUT2D eigenvalue weighted by molar-refractivity contribution is 0.327. The highest BCUT2D eigenvalue weighted by molar-refractivity contribution is 7.07. The third-order valence-corrected chi connectivity index (χ3v) is 12.2. The number of hydrogen-bond acceptors (Lipinski definition) is 9. The van der Waals surface area contributed by atoms with Crippen molar-refractivity contribution in [2.45, 2.75) is 33.1 Å². The van der Waals surface area contributed by atoms with Crippen LogP contribution in [0.15, 0.2) is 85.0 Å². The van der Waals surface area contributed by atoms with Gasteiger partial charge in [0.1, 0.15) is 5.69 Å². The molecule has 3 aromatic heterocycles. The lowest BCUT2D eigenvalue weighted by Crippen LogP contribution is -2.41. The van der Waals surface area contributed by atoms with Gasteiger partial charge in [-0.05, 0) is 67.4 Å². The van der Waals surface area contributed by atoms with E-state index in [-0.39, 0.29) is 17.5 Å². The molecule has 3 aliphatic carbocycles. The zero-order valence-corrected chi connectivity index (χ0v) is 32.2. The molecule has 9 nitrogen and oxygen atoms in total. The number of rotatable bonds is 6. The van der Waals surface area contributed by atoms with Crippen LogP contribution in [-0.2, 0) is 0 Å². The number of phenolic OH excluding ortho intramolecular Hbond substituents is 5. The average Bonchev–Trinajstić information content (AvgIpc) is 3.75. The minimum atomic E-state index is -0.990. The Hall–Kier alpha value is -6.65. The van der Waals surface area contributed by atoms with E-state index in [0.717, 1.165) is 49.6 Å². The van der Waals surface area contributed by atoms with Gasteiger partial charge in [-0.1, -0.05) is 110 Å². The molecule has 57 heavy (non-hydrogen) atoms. The summed E-state index contributed by atoms with van der Waals surface area (Å²) in [5.74, 6) is -1.70. The Kier molecular flexibility index (Phi) is 9.13. The van der Waals surface area contributed by atoms with Crippen LogP contribution in [0.4, 0.5) is 0 Å². The molecule has 3 aromatic carbocycles. The maximum atomic E-state index is 11.0. The normalized spacial score (nSPS) is 19.4. The Labute approximate surface area is 331 Å². The van der Waals surface area contributed by atoms with Crippen molar-refractivity contribution in [3.8, 4) is 45.8 Å². The molecule has 0 bridgehead atoms. The van der Waals surface area contributed by atoms with Gasteiger partial charge in [-0.15, -0.1) is 11.3 Å². The van der Waals surface area contributed by atoms with Gasteiger partial charge in [0.2, 0.25) is 17.2 Å². The Morgan fingerprint density at radius 1 is 0.737 bits per heavy atom. The number of aromatic nitrogens is 4. The van der Waals surface area contributed by atoms with Crippen molar-refractivity contribution in [2.24, 2.45) is 17.8 Å². The van der Waals surface area contributed by atoms with Crippen LogP contribution in [0.5, 0.6) is 28.7 Å². The first-order valence-corrected chi connectivity index (χ1v) is 19.9. The summed E-state index contributed by atoms with van der Waals surface area (Å²) >= 11 is 1.75. The predicted molar refractivity (Wildman–Crippen MR) is 227 cm³/mol. The molecule has 284 valence electrons. The minimum Gasteiger partial charge on any atom is -0.503 e. The van der Waals surface area contributed by atoms with E-state index in [2.05, 4.69) is 67.7 Å². The maximum Gasteiger partial charge on any atom is 0.208 e. The summed E-state index contributed by atoms with van der Waals surface area (Å²) in [4.78, 5) is 15.0. The lowest BCUT2D eigenvalue weighted by atomic mass is 9.82. The minimum absolute atomic E-state index is 0.113. The summed E-state index contributed by atoms with van der Waals surface area (Å²) in [6.45, 7) is 4.21. The molecule has 9 rings (SSSR count). The quantitative estimate of drug-likeness (QED) is 0.116. The topological polar surface area (TPSA) is 145 Å². The predicted octanol–water partition coefficient (Wildman–Crippen LogP) is 5.10. The molecule has 3 heterocycles. The van der Waals surface area contributed by atoms with Crippen LogP contribution in [-0.4, -0.2) is 45.1 Å². The van der Waals surface area contributed by atoms with Crippen molar-refractivity contribution in [3.63, 3.8) is 0 Å². The molecule has 0 fully saturated rings. The van der Waals surface area contributed by atoms with E-state index in [4.69, 9.17) is 15.0 Å². The van der Waals surface area contributed by atoms with Gasteiger partial charge in [0.15, 0.2) is 29.0 Å². The van der Waals surface area contributed by atoms with Gasteiger partial charge in [-0.25, -0.2) is 15.0 Å². The number of hydrogen-bond donors (Lipinski definition) is 5. The summed E-state index contributed by atoms with van der Waals surface area (Å²) in [5, 5.41) is 57.6. The van der Waals surface area contributed by atoms with Crippen LogP contribution >= 0.6 is 11.3 Å². The van der Waals surface area contributed by atoms with Gasteiger partial charge >= 0.3 is 0 Å². The standard InChI is InChI=1S/C47H40N4O5S/c1-3-4-14-37-34(25-39-48-46(27-10-6-5-7-11-27)50-47(49-39)28-17-15-26(2)16-18-28)33-24-30(20-22-38(33)57-37)29-19-21-36-32(23-29)31-12-8-9-13-35(31)51(36)40-41(52)43(54)45(56)44(55)42(40)53/h3-15,17-18,21-26,29-30,52-56H,16,19-20H2,1-2H3/b4-3-,34-25?,37-14+. The number of fused-ring (bicyclic) bond motifs is 4. The summed E-state index contributed by atoms with van der Waals surface area (Å²) in [6, 6.07) is 17.6. The fourth-order valence-corrected chi connectivity index (χ4v) is 9.17. The highest BCUT2D eigenvalue weighted by Gasteiger charge is 2.28. The Morgan fingerprint density at radius 2 is 1.42 bits per heavy atom. The molecule has 0 amide bonds. The number of nitrogens with zero attached hydrogens (tertiary/aromatic N) is 4. The van der Waals surface area contributed by atoms with Crippen LogP contribution in [0.2, 0.25) is 0 Å². The Bertz CT molecular complexity index is 3080. The van der Waals surface area contributed by atoms with Crippen LogP contribution in [0, 0.1) is 17.8 Å². The molecule has 6 aromatic rings. The van der Waals surface area contributed by atoms with E-state index in [9.17, 15) is 25.5 Å². The zero-order chi connectivity index (χ0) is 39.4. The largest absolute Gasteiger partial charge is 0.503 e. The van der Waals surface area contributed by atoms with Crippen molar-refractivity contribution in [1.82, 2.24) is 19.5 Å². The van der Waals surface area contributed by atoms with Crippen molar-refractivity contribution < 1.29 is 25.5 Å². The van der Waals surface area contributed by atoms with Crippen molar-refractivity contribution in [1.29, 1.82) is 0 Å². The molecule has 0 saturated heterocycles. The molecule has 0 aliphatic heterocycles. The molecule has 0 spiro atoms. The summed E-state index contributed by atoms with van der Waals surface area (Å²) in [7, 11) is 0. The number of phenols is 5. The van der Waals surface area contributed by atoms with Crippen LogP contribution in [0.3, 0.4) is 0 Å². The summed E-state index contributed by atoms with van der Waals surface area (Å²) < 4.78 is 3.94. The van der Waals surface area contributed by atoms with E-state index in [1.54, 1.807) is 15.9 Å². The fourth-order valence-electron chi connectivity index (χ4n) is 8.04. The first kappa shape index (κ1) is 36.0. The fraction of sp³-hybridized carbons (Fsp3) is 0.170. The first-order valence-electron chi connectivity index (χ1n) is 19.1. The summed E-state index contributed by atoms with van der Waals surface area (Å²) in [5.41, 5.74) is 2.36. The van der Waals surface area contributed by atoms with Gasteiger partial charge in [0, 0.05) is 36.0 Å². The molecule has 3 atom stereocenters. The van der Waals surface area contributed by atoms with Gasteiger partial charge in [-0.2, -0.15) is 0 Å². The first-order chi connectivity index (χ1) is 27.7.